The highest BCUT2D eigenvalue weighted by Crippen LogP contribution is 2.06. The van der Waals surface area contributed by atoms with Crippen LogP contribution in [-0.2, 0) is 0 Å². The predicted octanol–water partition coefficient (Wildman–Crippen LogP) is -0.894. The highest BCUT2D eigenvalue weighted by molar-refractivity contribution is 9.10. The Hall–Kier alpha value is -0.585. The molecule has 0 amide bonds. The van der Waals surface area contributed by atoms with Crippen LogP contribution in [0.25, 0.3) is 0 Å². The van der Waals surface area contributed by atoms with Gasteiger partial charge in [0.25, 0.3) is 0 Å². The topological polar surface area (TPSA) is 79.4 Å². The predicted molar refractivity (Wildman–Crippen MR) is 46.2 cm³/mol. The first-order chi connectivity index (χ1) is 5.11. The average Bonchev–Trinajstić information content (AvgIpc) is 1.94. The van der Waals surface area contributed by atoms with E-state index in [2.05, 4.69) is 20.9 Å². The molecule has 1 aromatic rings. The summed E-state index contributed by atoms with van der Waals surface area (Å²) in [4.78, 5) is 3.71. The van der Waals surface area contributed by atoms with E-state index < -0.39 is 7.12 Å². The monoisotopic (exact) mass is 216 g/mol. The molecule has 0 aliphatic carbocycles. The Morgan fingerprint density at radius 3 is 2.64 bits per heavy atom. The van der Waals surface area contributed by atoms with Crippen LogP contribution in [0.1, 0.15) is 0 Å². The van der Waals surface area contributed by atoms with Crippen molar-refractivity contribution in [1.82, 2.24) is 4.98 Å². The second-order valence-corrected chi connectivity index (χ2v) is 2.92. The van der Waals surface area contributed by atoms with Crippen molar-refractivity contribution >= 4 is 34.3 Å². The van der Waals surface area contributed by atoms with Crippen molar-refractivity contribution in [2.75, 3.05) is 5.73 Å². The minimum absolute atomic E-state index is 0.128. The zero-order valence-corrected chi connectivity index (χ0v) is 7.12. The quantitative estimate of drug-likeness (QED) is 0.532. The molecule has 11 heavy (non-hydrogen) atoms. The number of nitrogen functional groups attached to an aromatic ring is 1. The maximum atomic E-state index is 8.74. The van der Waals surface area contributed by atoms with Gasteiger partial charge in [0.1, 0.15) is 5.82 Å². The molecule has 0 radical (unpaired) electrons. The van der Waals surface area contributed by atoms with Gasteiger partial charge in [-0.15, -0.1) is 0 Å². The van der Waals surface area contributed by atoms with E-state index in [1.807, 2.05) is 0 Å². The molecule has 0 aliphatic heterocycles. The highest BCUT2D eigenvalue weighted by Gasteiger charge is 2.15. The second-order valence-electron chi connectivity index (χ2n) is 2.00. The zero-order valence-electron chi connectivity index (χ0n) is 5.53. The molecule has 0 atom stereocenters. The summed E-state index contributed by atoms with van der Waals surface area (Å²) in [5, 5.41) is 17.5. The number of aromatic nitrogens is 1. The molecule has 4 nitrogen and oxygen atoms in total. The lowest BCUT2D eigenvalue weighted by Crippen LogP contribution is -2.32. The van der Waals surface area contributed by atoms with Gasteiger partial charge in [0, 0.05) is 16.1 Å². The van der Waals surface area contributed by atoms with E-state index >= 15 is 0 Å². The van der Waals surface area contributed by atoms with Crippen molar-refractivity contribution in [3.05, 3.63) is 16.7 Å². The largest absolute Gasteiger partial charge is 0.492 e. The number of nitrogens with two attached hydrogens (primary N) is 1. The van der Waals surface area contributed by atoms with Gasteiger partial charge in [-0.2, -0.15) is 0 Å². The van der Waals surface area contributed by atoms with Crippen molar-refractivity contribution in [3.63, 3.8) is 0 Å². The summed E-state index contributed by atoms with van der Waals surface area (Å²) in [6, 6.07) is 1.51. The minimum Gasteiger partial charge on any atom is -0.423 e. The van der Waals surface area contributed by atoms with Gasteiger partial charge in [0.15, 0.2) is 0 Å². The third-order valence-corrected chi connectivity index (χ3v) is 1.63. The molecule has 6 heteroatoms. The maximum absolute atomic E-state index is 8.74. The van der Waals surface area contributed by atoms with Crippen molar-refractivity contribution in [2.24, 2.45) is 0 Å². The summed E-state index contributed by atoms with van der Waals surface area (Å²) >= 11 is 3.12. The number of pyridine rings is 1. The van der Waals surface area contributed by atoms with Crippen LogP contribution >= 0.6 is 15.9 Å². The fourth-order valence-corrected chi connectivity index (χ4v) is 1.02. The molecule has 58 valence electrons. The Bertz CT molecular complexity index is 269. The molecule has 1 aromatic heterocycles. The van der Waals surface area contributed by atoms with Gasteiger partial charge in [-0.1, -0.05) is 0 Å². The van der Waals surface area contributed by atoms with Crippen LogP contribution in [0.5, 0.6) is 0 Å². The van der Waals surface area contributed by atoms with E-state index in [9.17, 15) is 0 Å². The van der Waals surface area contributed by atoms with Gasteiger partial charge in [0.2, 0.25) is 0 Å². The van der Waals surface area contributed by atoms with Crippen LogP contribution in [0.4, 0.5) is 5.82 Å². The number of anilines is 1. The van der Waals surface area contributed by atoms with E-state index in [0.717, 1.165) is 0 Å². The second kappa shape index (κ2) is 3.21. The van der Waals surface area contributed by atoms with Crippen LogP contribution < -0.4 is 11.2 Å². The van der Waals surface area contributed by atoms with Gasteiger partial charge in [-0.25, -0.2) is 4.98 Å². The molecular weight excluding hydrogens is 211 g/mol. The van der Waals surface area contributed by atoms with E-state index in [-0.39, 0.29) is 11.3 Å². The van der Waals surface area contributed by atoms with E-state index in [0.29, 0.717) is 4.47 Å². The number of hydrogen-bond acceptors (Lipinski definition) is 4. The molecule has 0 saturated heterocycles. The number of hydrogen-bond donors (Lipinski definition) is 3. The summed E-state index contributed by atoms with van der Waals surface area (Å²) in [5.74, 6) is 0.128. The van der Waals surface area contributed by atoms with Crippen LogP contribution in [0.3, 0.4) is 0 Å². The van der Waals surface area contributed by atoms with E-state index in [4.69, 9.17) is 15.8 Å². The Kier molecular flexibility index (Phi) is 2.48. The van der Waals surface area contributed by atoms with Crippen LogP contribution in [-0.4, -0.2) is 22.2 Å². The smallest absolute Gasteiger partial charge is 0.423 e. The van der Waals surface area contributed by atoms with Gasteiger partial charge in [-0.05, 0) is 22.0 Å². The Balaban J connectivity index is 3.13. The van der Waals surface area contributed by atoms with Gasteiger partial charge >= 0.3 is 7.12 Å². The van der Waals surface area contributed by atoms with Crippen molar-refractivity contribution in [3.8, 4) is 0 Å². The van der Waals surface area contributed by atoms with Crippen LogP contribution in [0.2, 0.25) is 0 Å². The van der Waals surface area contributed by atoms with E-state index in [1.165, 1.54) is 12.3 Å². The molecular formula is C5H6BBrN2O2. The maximum Gasteiger partial charge on any atom is 0.492 e. The third kappa shape index (κ3) is 1.92. The number of rotatable bonds is 1. The molecule has 1 rings (SSSR count). The first-order valence-electron chi connectivity index (χ1n) is 2.88. The SMILES string of the molecule is Nc1ncc(Br)cc1B(O)O. The number of nitrogens with zero attached hydrogens (tertiary/aromatic N) is 1. The molecule has 4 N–H and O–H groups in total. The Morgan fingerprint density at radius 2 is 2.18 bits per heavy atom. The summed E-state index contributed by atoms with van der Waals surface area (Å²) in [6.07, 6.45) is 1.49. The molecule has 0 saturated carbocycles. The molecule has 0 spiro atoms. The lowest BCUT2D eigenvalue weighted by atomic mass is 9.81. The fraction of sp³-hybridized carbons (Fsp3) is 0. The van der Waals surface area contributed by atoms with Gasteiger partial charge < -0.3 is 15.8 Å². The summed E-state index contributed by atoms with van der Waals surface area (Å²) < 4.78 is 0.662. The van der Waals surface area contributed by atoms with Gasteiger partial charge in [-0.3, -0.25) is 0 Å². The first kappa shape index (κ1) is 8.51. The molecule has 0 unspecified atom stereocenters. The van der Waals surface area contributed by atoms with E-state index in [1.54, 1.807) is 0 Å². The zero-order chi connectivity index (χ0) is 8.43. The highest BCUT2D eigenvalue weighted by atomic mass is 79.9. The molecule has 1 heterocycles. The average molecular weight is 217 g/mol. The first-order valence-corrected chi connectivity index (χ1v) is 3.67. The molecule has 0 aromatic carbocycles. The van der Waals surface area contributed by atoms with Crippen molar-refractivity contribution in [1.29, 1.82) is 0 Å². The minimum atomic E-state index is -1.57. The molecule has 0 aliphatic rings. The normalized spacial score (nSPS) is 9.73. The lowest BCUT2D eigenvalue weighted by molar-refractivity contribution is 0.426. The third-order valence-electron chi connectivity index (χ3n) is 1.19. The molecule has 0 fully saturated rings. The summed E-state index contributed by atoms with van der Waals surface area (Å²) in [7, 11) is -1.57. The van der Waals surface area contributed by atoms with Crippen LogP contribution in [0, 0.1) is 0 Å². The Labute approximate surface area is 72.3 Å². The lowest BCUT2D eigenvalue weighted by Gasteiger charge is -2.02. The van der Waals surface area contributed by atoms with Crippen molar-refractivity contribution in [2.45, 2.75) is 0 Å². The van der Waals surface area contributed by atoms with Crippen molar-refractivity contribution < 1.29 is 10.0 Å². The van der Waals surface area contributed by atoms with Gasteiger partial charge in [0.05, 0.1) is 0 Å². The fourth-order valence-electron chi connectivity index (χ4n) is 0.672. The summed E-state index contributed by atoms with van der Waals surface area (Å²) in [6.45, 7) is 0. The summed E-state index contributed by atoms with van der Waals surface area (Å²) in [5.41, 5.74) is 5.55. The molecule has 0 bridgehead atoms. The standard InChI is InChI=1S/C5H6BBrN2O2/c7-3-1-4(6(10)11)5(8)9-2-3/h1-2,10-11H,(H2,8,9). The Morgan fingerprint density at radius 1 is 1.55 bits per heavy atom. The number of halogens is 1. The van der Waals surface area contributed by atoms with Crippen LogP contribution in [0.15, 0.2) is 16.7 Å².